The molecule has 28 heavy (non-hydrogen) atoms. The zero-order valence-electron chi connectivity index (χ0n) is 16.2. The van der Waals surface area contributed by atoms with Crippen molar-refractivity contribution in [3.8, 4) is 17.2 Å². The number of piperidine rings is 1. The van der Waals surface area contributed by atoms with Crippen molar-refractivity contribution >= 4 is 18.3 Å². The maximum atomic E-state index is 12.9. The molecule has 1 aromatic carbocycles. The highest BCUT2D eigenvalue weighted by molar-refractivity contribution is 5.93. The number of halogens is 1. The van der Waals surface area contributed by atoms with Crippen LogP contribution in [0, 0.1) is 12.8 Å². The highest BCUT2D eigenvalue weighted by Crippen LogP contribution is 2.32. The summed E-state index contributed by atoms with van der Waals surface area (Å²) in [6.07, 6.45) is 2.03. The van der Waals surface area contributed by atoms with Crippen molar-refractivity contribution in [2.24, 2.45) is 5.92 Å². The van der Waals surface area contributed by atoms with E-state index in [1.54, 1.807) is 4.68 Å². The molecule has 1 fully saturated rings. The van der Waals surface area contributed by atoms with Gasteiger partial charge in [-0.05, 0) is 51.4 Å². The smallest absolute Gasteiger partial charge is 0.276 e. The minimum absolute atomic E-state index is 0. The summed E-state index contributed by atoms with van der Waals surface area (Å²) in [4.78, 5) is 14.8. The molecule has 2 aromatic rings. The molecule has 2 aliphatic rings. The van der Waals surface area contributed by atoms with Gasteiger partial charge in [0, 0.05) is 19.2 Å². The first-order valence-corrected chi connectivity index (χ1v) is 9.43. The summed E-state index contributed by atoms with van der Waals surface area (Å²) in [6.45, 7) is 5.49. The number of hydrogen-bond donors (Lipinski definition) is 1. The van der Waals surface area contributed by atoms with Crippen LogP contribution < -0.4 is 14.8 Å². The molecule has 152 valence electrons. The number of amides is 1. The van der Waals surface area contributed by atoms with Gasteiger partial charge in [0.25, 0.3) is 5.91 Å². The normalized spacial score (nSPS) is 16.6. The molecule has 0 unspecified atom stereocenters. The Morgan fingerprint density at radius 2 is 1.93 bits per heavy atom. The van der Waals surface area contributed by atoms with Crippen LogP contribution in [0.3, 0.4) is 0 Å². The molecular formula is C19H26ClN5O3. The molecule has 3 heterocycles. The maximum absolute atomic E-state index is 12.9. The van der Waals surface area contributed by atoms with Gasteiger partial charge < -0.3 is 19.7 Å². The highest BCUT2D eigenvalue weighted by Gasteiger charge is 2.27. The summed E-state index contributed by atoms with van der Waals surface area (Å²) in [6, 6.07) is 5.62. The molecule has 1 amide bonds. The molecule has 4 rings (SSSR count). The van der Waals surface area contributed by atoms with Gasteiger partial charge in [0.1, 0.15) is 13.2 Å². The Bertz CT molecular complexity index is 833. The molecule has 0 aliphatic carbocycles. The number of carbonyl (C=O) groups is 1. The minimum Gasteiger partial charge on any atom is -0.486 e. The van der Waals surface area contributed by atoms with Crippen LogP contribution in [0.1, 0.15) is 29.0 Å². The van der Waals surface area contributed by atoms with Crippen molar-refractivity contribution < 1.29 is 14.3 Å². The molecule has 1 aromatic heterocycles. The number of rotatable bonds is 4. The average molecular weight is 408 g/mol. The van der Waals surface area contributed by atoms with Gasteiger partial charge in [-0.2, -0.15) is 0 Å². The summed E-state index contributed by atoms with van der Waals surface area (Å²) < 4.78 is 12.9. The van der Waals surface area contributed by atoms with Crippen molar-refractivity contribution in [2.45, 2.75) is 19.8 Å². The van der Waals surface area contributed by atoms with Gasteiger partial charge in [-0.1, -0.05) is 5.21 Å². The SMILES string of the molecule is CNCC1CCN(C(=O)c2nnn(-c3ccc4c(c3)OCCO4)c2C)CC1.Cl. The summed E-state index contributed by atoms with van der Waals surface area (Å²) in [5.41, 5.74) is 1.95. The number of likely N-dealkylation sites (tertiary alicyclic amines) is 1. The van der Waals surface area contributed by atoms with E-state index in [-0.39, 0.29) is 18.3 Å². The Balaban J connectivity index is 0.00000225. The number of aromatic nitrogens is 3. The van der Waals surface area contributed by atoms with Crippen molar-refractivity contribution in [3.05, 3.63) is 29.6 Å². The van der Waals surface area contributed by atoms with Crippen LogP contribution >= 0.6 is 12.4 Å². The Morgan fingerprint density at radius 1 is 1.21 bits per heavy atom. The van der Waals surface area contributed by atoms with E-state index in [0.717, 1.165) is 49.6 Å². The third kappa shape index (κ3) is 3.93. The standard InChI is InChI=1S/C19H25N5O3.ClH/c1-13-18(19(25)23-7-5-14(6-8-23)12-20-2)21-22-24(13)15-3-4-16-17(11-15)27-10-9-26-16;/h3-4,11,14,20H,5-10,12H2,1-2H3;1H. The fraction of sp³-hybridized carbons (Fsp3) is 0.526. The molecular weight excluding hydrogens is 382 g/mol. The van der Waals surface area contributed by atoms with Gasteiger partial charge in [-0.25, -0.2) is 4.68 Å². The monoisotopic (exact) mass is 407 g/mol. The van der Waals surface area contributed by atoms with E-state index in [0.29, 0.717) is 30.6 Å². The summed E-state index contributed by atoms with van der Waals surface area (Å²) in [5, 5.41) is 11.6. The van der Waals surface area contributed by atoms with Crippen LogP contribution in [0.15, 0.2) is 18.2 Å². The molecule has 0 spiro atoms. The van der Waals surface area contributed by atoms with Crippen LogP contribution in [0.4, 0.5) is 0 Å². The second kappa shape index (κ2) is 8.79. The lowest BCUT2D eigenvalue weighted by molar-refractivity contribution is 0.0684. The average Bonchev–Trinajstić information content (AvgIpc) is 3.09. The first-order valence-electron chi connectivity index (χ1n) is 9.43. The van der Waals surface area contributed by atoms with E-state index in [9.17, 15) is 4.79 Å². The van der Waals surface area contributed by atoms with Gasteiger partial charge in [-0.3, -0.25) is 4.79 Å². The summed E-state index contributed by atoms with van der Waals surface area (Å²) in [7, 11) is 1.97. The number of hydrogen-bond acceptors (Lipinski definition) is 6. The zero-order chi connectivity index (χ0) is 18.8. The van der Waals surface area contributed by atoms with Crippen LogP contribution in [-0.4, -0.2) is 65.7 Å². The lowest BCUT2D eigenvalue weighted by Gasteiger charge is -2.31. The Morgan fingerprint density at radius 3 is 2.64 bits per heavy atom. The molecule has 2 aliphatic heterocycles. The van der Waals surface area contributed by atoms with Crippen LogP contribution in [-0.2, 0) is 0 Å². The fourth-order valence-corrected chi connectivity index (χ4v) is 3.71. The van der Waals surface area contributed by atoms with Crippen LogP contribution in [0.5, 0.6) is 11.5 Å². The molecule has 0 atom stereocenters. The van der Waals surface area contributed by atoms with E-state index >= 15 is 0 Å². The van der Waals surface area contributed by atoms with Gasteiger partial charge >= 0.3 is 0 Å². The molecule has 9 heteroatoms. The van der Waals surface area contributed by atoms with Crippen molar-refractivity contribution in [2.75, 3.05) is 39.9 Å². The number of nitrogens with zero attached hydrogens (tertiary/aromatic N) is 4. The molecule has 0 saturated carbocycles. The number of benzene rings is 1. The molecule has 0 bridgehead atoms. The first-order chi connectivity index (χ1) is 13.2. The van der Waals surface area contributed by atoms with Crippen molar-refractivity contribution in [3.63, 3.8) is 0 Å². The predicted octanol–water partition coefficient (Wildman–Crippen LogP) is 1.84. The van der Waals surface area contributed by atoms with E-state index in [2.05, 4.69) is 15.6 Å². The summed E-state index contributed by atoms with van der Waals surface area (Å²) >= 11 is 0. The van der Waals surface area contributed by atoms with E-state index in [1.807, 2.05) is 37.1 Å². The third-order valence-corrected chi connectivity index (χ3v) is 5.26. The van der Waals surface area contributed by atoms with Gasteiger partial charge in [0.05, 0.1) is 11.4 Å². The first kappa shape index (κ1) is 20.4. The fourth-order valence-electron chi connectivity index (χ4n) is 3.71. The number of ether oxygens (including phenoxy) is 2. The van der Waals surface area contributed by atoms with E-state index in [1.165, 1.54) is 0 Å². The zero-order valence-corrected chi connectivity index (χ0v) is 17.0. The predicted molar refractivity (Wildman–Crippen MR) is 107 cm³/mol. The quantitative estimate of drug-likeness (QED) is 0.832. The molecule has 1 saturated heterocycles. The lowest BCUT2D eigenvalue weighted by atomic mass is 9.96. The van der Waals surface area contributed by atoms with Crippen LogP contribution in [0.2, 0.25) is 0 Å². The molecule has 0 radical (unpaired) electrons. The van der Waals surface area contributed by atoms with Gasteiger partial charge in [0.15, 0.2) is 17.2 Å². The van der Waals surface area contributed by atoms with Gasteiger partial charge in [0.2, 0.25) is 0 Å². The van der Waals surface area contributed by atoms with Crippen molar-refractivity contribution in [1.29, 1.82) is 0 Å². The van der Waals surface area contributed by atoms with E-state index < -0.39 is 0 Å². The minimum atomic E-state index is -0.0424. The molecule has 8 nitrogen and oxygen atoms in total. The highest BCUT2D eigenvalue weighted by atomic mass is 35.5. The second-order valence-electron chi connectivity index (χ2n) is 7.06. The van der Waals surface area contributed by atoms with Gasteiger partial charge in [-0.15, -0.1) is 17.5 Å². The topological polar surface area (TPSA) is 81.5 Å². The number of carbonyl (C=O) groups excluding carboxylic acids is 1. The number of fused-ring (bicyclic) bond motifs is 1. The second-order valence-corrected chi connectivity index (χ2v) is 7.06. The van der Waals surface area contributed by atoms with E-state index in [4.69, 9.17) is 9.47 Å². The molecule has 1 N–H and O–H groups in total. The Labute approximate surface area is 170 Å². The Kier molecular flexibility index (Phi) is 6.41. The summed E-state index contributed by atoms with van der Waals surface area (Å²) in [5.74, 6) is 2.00. The Hall–Kier alpha value is -2.32. The number of nitrogens with one attached hydrogen (secondary N) is 1. The lowest BCUT2D eigenvalue weighted by Crippen LogP contribution is -2.40. The maximum Gasteiger partial charge on any atom is 0.276 e. The largest absolute Gasteiger partial charge is 0.486 e. The third-order valence-electron chi connectivity index (χ3n) is 5.26. The van der Waals surface area contributed by atoms with Crippen LogP contribution in [0.25, 0.3) is 5.69 Å². The van der Waals surface area contributed by atoms with Crippen molar-refractivity contribution in [1.82, 2.24) is 25.2 Å².